The van der Waals surface area contributed by atoms with Crippen molar-refractivity contribution in [2.45, 2.75) is 13.3 Å². The average molecular weight is 177 g/mol. The fraction of sp³-hybridized carbons (Fsp3) is 0.200. The van der Waals surface area contributed by atoms with Crippen molar-refractivity contribution in [1.29, 1.82) is 0 Å². The number of nitrogens with zero attached hydrogens (tertiary/aromatic N) is 1. The molecule has 0 spiro atoms. The van der Waals surface area contributed by atoms with Gasteiger partial charge in [-0.2, -0.15) is 0 Å². The zero-order chi connectivity index (χ0) is 9.68. The van der Waals surface area contributed by atoms with Gasteiger partial charge in [0.05, 0.1) is 5.69 Å². The zero-order valence-electron chi connectivity index (χ0n) is 7.40. The van der Waals surface area contributed by atoms with Crippen LogP contribution in [0.2, 0.25) is 0 Å². The maximum absolute atomic E-state index is 10.2. The first kappa shape index (κ1) is 9.45. The first-order valence-corrected chi connectivity index (χ1v) is 4.08. The molecule has 0 radical (unpaired) electrons. The second-order valence-electron chi connectivity index (χ2n) is 2.62. The minimum absolute atomic E-state index is 0.666. The van der Waals surface area contributed by atoms with Crippen molar-refractivity contribution < 1.29 is 9.90 Å². The third kappa shape index (κ3) is 3.07. The summed E-state index contributed by atoms with van der Waals surface area (Å²) in [5, 5.41) is 8.36. The number of aliphatic carboxylic acids is 1. The smallest absolute Gasteiger partial charge is 0.328 e. The lowest BCUT2D eigenvalue weighted by atomic mass is 10.2. The van der Waals surface area contributed by atoms with E-state index < -0.39 is 5.97 Å². The van der Waals surface area contributed by atoms with Gasteiger partial charge in [0, 0.05) is 12.3 Å². The molecule has 1 heterocycles. The quantitative estimate of drug-likeness (QED) is 0.715. The van der Waals surface area contributed by atoms with E-state index in [-0.39, 0.29) is 0 Å². The molecule has 1 aromatic rings. The summed E-state index contributed by atoms with van der Waals surface area (Å²) in [5.41, 5.74) is 1.81. The Labute approximate surface area is 76.7 Å². The van der Waals surface area contributed by atoms with E-state index in [2.05, 4.69) is 4.98 Å². The lowest BCUT2D eigenvalue weighted by Gasteiger charge is -1.95. The molecule has 0 atom stereocenters. The molecule has 3 heteroatoms. The third-order valence-electron chi connectivity index (χ3n) is 1.65. The molecule has 0 bridgehead atoms. The molecule has 0 saturated heterocycles. The number of hydrogen-bond donors (Lipinski definition) is 1. The monoisotopic (exact) mass is 177 g/mol. The predicted molar refractivity (Wildman–Crippen MR) is 50.3 cm³/mol. The Hall–Kier alpha value is -1.64. The molecule has 13 heavy (non-hydrogen) atoms. The molecule has 0 aliphatic carbocycles. The van der Waals surface area contributed by atoms with Gasteiger partial charge < -0.3 is 5.11 Å². The SMILES string of the molecule is CCc1ccc(C=CC(=O)O)nc1. The van der Waals surface area contributed by atoms with Crippen molar-refractivity contribution in [1.82, 2.24) is 4.98 Å². The van der Waals surface area contributed by atoms with Crippen molar-refractivity contribution in [3.8, 4) is 0 Å². The van der Waals surface area contributed by atoms with Crippen molar-refractivity contribution in [2.75, 3.05) is 0 Å². The summed E-state index contributed by atoms with van der Waals surface area (Å²) < 4.78 is 0. The Kier molecular flexibility index (Phi) is 3.20. The van der Waals surface area contributed by atoms with E-state index in [1.54, 1.807) is 12.3 Å². The molecule has 68 valence electrons. The number of carboxylic acid groups (broad SMARTS) is 1. The second-order valence-corrected chi connectivity index (χ2v) is 2.62. The molecule has 0 saturated carbocycles. The molecular weight excluding hydrogens is 166 g/mol. The Balaban J connectivity index is 2.75. The van der Waals surface area contributed by atoms with Gasteiger partial charge in [-0.1, -0.05) is 13.0 Å². The van der Waals surface area contributed by atoms with Crippen molar-refractivity contribution in [2.24, 2.45) is 0 Å². The van der Waals surface area contributed by atoms with Crippen molar-refractivity contribution in [3.63, 3.8) is 0 Å². The number of hydrogen-bond acceptors (Lipinski definition) is 2. The van der Waals surface area contributed by atoms with Gasteiger partial charge in [-0.05, 0) is 24.1 Å². The summed E-state index contributed by atoms with van der Waals surface area (Å²) in [6.45, 7) is 2.05. The highest BCUT2D eigenvalue weighted by Gasteiger charge is 1.91. The van der Waals surface area contributed by atoms with E-state index in [0.29, 0.717) is 5.69 Å². The first-order valence-electron chi connectivity index (χ1n) is 4.08. The Bertz CT molecular complexity index is 314. The molecule has 0 aromatic carbocycles. The topological polar surface area (TPSA) is 50.2 Å². The molecule has 1 aromatic heterocycles. The van der Waals surface area contributed by atoms with Crippen molar-refractivity contribution >= 4 is 12.0 Å². The van der Waals surface area contributed by atoms with Crippen LogP contribution in [0.15, 0.2) is 24.4 Å². The van der Waals surface area contributed by atoms with E-state index in [1.165, 1.54) is 6.08 Å². The highest BCUT2D eigenvalue weighted by molar-refractivity contribution is 5.84. The largest absolute Gasteiger partial charge is 0.478 e. The third-order valence-corrected chi connectivity index (χ3v) is 1.65. The van der Waals surface area contributed by atoms with E-state index in [1.807, 2.05) is 13.0 Å². The van der Waals surface area contributed by atoms with Crippen LogP contribution >= 0.6 is 0 Å². The van der Waals surface area contributed by atoms with E-state index in [9.17, 15) is 4.79 Å². The Morgan fingerprint density at radius 3 is 2.85 bits per heavy atom. The summed E-state index contributed by atoms with van der Waals surface area (Å²) in [7, 11) is 0. The molecule has 1 N–H and O–H groups in total. The van der Waals surface area contributed by atoms with Gasteiger partial charge in [0.1, 0.15) is 0 Å². The predicted octanol–water partition coefficient (Wildman–Crippen LogP) is 1.74. The van der Waals surface area contributed by atoms with E-state index in [4.69, 9.17) is 5.11 Å². The van der Waals surface area contributed by atoms with Gasteiger partial charge in [-0.3, -0.25) is 4.98 Å². The lowest BCUT2D eigenvalue weighted by Crippen LogP contribution is -1.88. The van der Waals surface area contributed by atoms with E-state index in [0.717, 1.165) is 18.1 Å². The van der Waals surface area contributed by atoms with Crippen LogP contribution in [0.1, 0.15) is 18.2 Å². The molecule has 0 fully saturated rings. The van der Waals surface area contributed by atoms with Crippen LogP contribution in [-0.4, -0.2) is 16.1 Å². The van der Waals surface area contributed by atoms with Crippen LogP contribution in [0.3, 0.4) is 0 Å². The van der Waals surface area contributed by atoms with Crippen LogP contribution < -0.4 is 0 Å². The van der Waals surface area contributed by atoms with Gasteiger partial charge in [0.15, 0.2) is 0 Å². The van der Waals surface area contributed by atoms with Crippen molar-refractivity contribution in [3.05, 3.63) is 35.7 Å². The summed E-state index contributed by atoms with van der Waals surface area (Å²) in [6, 6.07) is 3.74. The number of aryl methyl sites for hydroxylation is 1. The maximum Gasteiger partial charge on any atom is 0.328 e. The van der Waals surface area contributed by atoms with Gasteiger partial charge in [-0.15, -0.1) is 0 Å². The fourth-order valence-electron chi connectivity index (χ4n) is 0.900. The van der Waals surface area contributed by atoms with Gasteiger partial charge in [-0.25, -0.2) is 4.79 Å². The second kappa shape index (κ2) is 4.40. The number of pyridine rings is 1. The molecule has 0 amide bonds. The Morgan fingerprint density at radius 1 is 1.62 bits per heavy atom. The molecule has 1 rings (SSSR count). The zero-order valence-corrected chi connectivity index (χ0v) is 7.40. The van der Waals surface area contributed by atoms with Gasteiger partial charge >= 0.3 is 5.97 Å². The standard InChI is InChI=1S/C10H11NO2/c1-2-8-3-4-9(11-7-8)5-6-10(12)13/h3-7H,2H2,1H3,(H,12,13). The minimum Gasteiger partial charge on any atom is -0.478 e. The number of aromatic nitrogens is 1. The molecule has 3 nitrogen and oxygen atoms in total. The number of carboxylic acids is 1. The average Bonchev–Trinajstić information content (AvgIpc) is 2.15. The fourth-order valence-corrected chi connectivity index (χ4v) is 0.900. The highest BCUT2D eigenvalue weighted by atomic mass is 16.4. The van der Waals surface area contributed by atoms with Crippen LogP contribution in [0, 0.1) is 0 Å². The van der Waals surface area contributed by atoms with E-state index >= 15 is 0 Å². The Morgan fingerprint density at radius 2 is 2.38 bits per heavy atom. The van der Waals surface area contributed by atoms with Gasteiger partial charge in [0.2, 0.25) is 0 Å². The molecule has 0 aliphatic rings. The first-order chi connectivity index (χ1) is 6.22. The van der Waals surface area contributed by atoms with Crippen LogP contribution in [-0.2, 0) is 11.2 Å². The molecular formula is C10H11NO2. The van der Waals surface area contributed by atoms with Gasteiger partial charge in [0.25, 0.3) is 0 Å². The number of rotatable bonds is 3. The van der Waals surface area contributed by atoms with Crippen LogP contribution in [0.5, 0.6) is 0 Å². The maximum atomic E-state index is 10.2. The number of carbonyl (C=O) groups is 1. The highest BCUT2D eigenvalue weighted by Crippen LogP contribution is 2.02. The summed E-state index contributed by atoms with van der Waals surface area (Å²) >= 11 is 0. The molecule has 0 aliphatic heterocycles. The molecule has 0 unspecified atom stereocenters. The lowest BCUT2D eigenvalue weighted by molar-refractivity contribution is -0.131. The minimum atomic E-state index is -0.957. The van der Waals surface area contributed by atoms with Crippen LogP contribution in [0.4, 0.5) is 0 Å². The summed E-state index contributed by atoms with van der Waals surface area (Å²) in [6.07, 6.45) is 5.24. The van der Waals surface area contributed by atoms with Crippen LogP contribution in [0.25, 0.3) is 6.08 Å². The summed E-state index contributed by atoms with van der Waals surface area (Å²) in [5.74, 6) is -0.957. The summed E-state index contributed by atoms with van der Waals surface area (Å²) in [4.78, 5) is 14.3. The normalized spacial score (nSPS) is 10.5.